The number of aliphatic carboxylic acids is 1. The summed E-state index contributed by atoms with van der Waals surface area (Å²) in [5, 5.41) is 24.6. The number of aromatic nitrogens is 2. The molecule has 0 bridgehead atoms. The Bertz CT molecular complexity index is 1760. The van der Waals surface area contributed by atoms with E-state index >= 15 is 0 Å². The lowest BCUT2D eigenvalue weighted by Gasteiger charge is -2.21. The van der Waals surface area contributed by atoms with E-state index in [4.69, 9.17) is 23.7 Å². The maximum atomic E-state index is 12.6. The van der Waals surface area contributed by atoms with Gasteiger partial charge in [0.05, 0.1) is 31.7 Å². The summed E-state index contributed by atoms with van der Waals surface area (Å²) < 4.78 is 30.5. The molecule has 1 aromatic heterocycles. The van der Waals surface area contributed by atoms with E-state index in [9.17, 15) is 19.8 Å². The number of carboxylic acids is 2. The van der Waals surface area contributed by atoms with Gasteiger partial charge in [0.1, 0.15) is 37.1 Å². The van der Waals surface area contributed by atoms with E-state index < -0.39 is 11.9 Å². The topological polar surface area (TPSA) is 139 Å². The van der Waals surface area contributed by atoms with Crippen molar-refractivity contribution in [1.82, 2.24) is 9.78 Å². The van der Waals surface area contributed by atoms with Crippen LogP contribution in [0.25, 0.3) is 17.3 Å². The van der Waals surface area contributed by atoms with Crippen LogP contribution in [0, 0.1) is 0 Å². The summed E-state index contributed by atoms with van der Waals surface area (Å²) in [6.07, 6.45) is 5.07. The summed E-state index contributed by atoms with van der Waals surface area (Å²) >= 11 is 0. The van der Waals surface area contributed by atoms with Crippen molar-refractivity contribution in [3.63, 3.8) is 0 Å². The number of unbranched alkanes of at least 4 members (excludes halogenated alkanes) is 1. The maximum Gasteiger partial charge on any atom is 0.336 e. The fourth-order valence-corrected chi connectivity index (χ4v) is 5.25. The van der Waals surface area contributed by atoms with Gasteiger partial charge in [-0.25, -0.2) is 9.59 Å². The van der Waals surface area contributed by atoms with Crippen molar-refractivity contribution in [1.29, 1.82) is 0 Å². The number of ether oxygens (including phenoxy) is 5. The summed E-state index contributed by atoms with van der Waals surface area (Å²) in [6.45, 7) is 3.47. The second-order valence-electron chi connectivity index (χ2n) is 10.6. The molecular formula is C35H36N2O9. The van der Waals surface area contributed by atoms with Crippen LogP contribution in [-0.4, -0.2) is 59.4 Å². The number of methoxy groups -OCH3 is 2. The van der Waals surface area contributed by atoms with E-state index in [1.165, 1.54) is 13.2 Å². The molecule has 2 N–H and O–H groups in total. The fraction of sp³-hybridized carbons (Fsp3) is 0.286. The minimum atomic E-state index is -1.10. The van der Waals surface area contributed by atoms with Crippen LogP contribution in [0.15, 0.2) is 66.4 Å². The Hall–Kier alpha value is -5.45. The third-order valence-corrected chi connectivity index (χ3v) is 7.60. The van der Waals surface area contributed by atoms with E-state index in [0.717, 1.165) is 12.8 Å². The highest BCUT2D eigenvalue weighted by molar-refractivity contribution is 5.94. The third kappa shape index (κ3) is 7.09. The first-order valence-corrected chi connectivity index (χ1v) is 14.9. The Kier molecular flexibility index (Phi) is 10.1. The van der Waals surface area contributed by atoms with Gasteiger partial charge in [-0.1, -0.05) is 31.5 Å². The molecule has 11 heteroatoms. The van der Waals surface area contributed by atoms with E-state index in [-0.39, 0.29) is 24.2 Å². The number of carbonyl (C=O) groups is 2. The van der Waals surface area contributed by atoms with Gasteiger partial charge in [0.2, 0.25) is 0 Å². The minimum Gasteiger partial charge on any atom is -0.497 e. The molecular weight excluding hydrogens is 592 g/mol. The molecule has 0 unspecified atom stereocenters. The Labute approximate surface area is 266 Å². The van der Waals surface area contributed by atoms with Crippen molar-refractivity contribution in [3.8, 4) is 40.0 Å². The lowest BCUT2D eigenvalue weighted by atomic mass is 9.99. The van der Waals surface area contributed by atoms with Crippen molar-refractivity contribution in [2.75, 3.05) is 27.4 Å². The summed E-state index contributed by atoms with van der Waals surface area (Å²) in [4.78, 5) is 24.5. The average Bonchev–Trinajstić information content (AvgIpc) is 3.47. The predicted molar refractivity (Wildman–Crippen MR) is 170 cm³/mol. The first-order chi connectivity index (χ1) is 22.3. The summed E-state index contributed by atoms with van der Waals surface area (Å²) in [6, 6.07) is 15.5. The number of benzene rings is 3. The highest BCUT2D eigenvalue weighted by Crippen LogP contribution is 2.39. The fourth-order valence-electron chi connectivity index (χ4n) is 5.25. The molecule has 11 nitrogen and oxygen atoms in total. The summed E-state index contributed by atoms with van der Waals surface area (Å²) in [5.74, 6) is 0.390. The molecule has 0 atom stereocenters. The molecule has 2 heterocycles. The summed E-state index contributed by atoms with van der Waals surface area (Å²) in [7, 11) is 3.07. The monoisotopic (exact) mass is 628 g/mol. The van der Waals surface area contributed by atoms with Crippen LogP contribution in [0.1, 0.15) is 46.8 Å². The zero-order chi connectivity index (χ0) is 32.6. The lowest BCUT2D eigenvalue weighted by Crippen LogP contribution is -2.16. The van der Waals surface area contributed by atoms with Crippen LogP contribution in [0.3, 0.4) is 0 Å². The number of carboxylic acid groups (broad SMARTS) is 2. The molecule has 240 valence electrons. The van der Waals surface area contributed by atoms with Gasteiger partial charge in [-0.2, -0.15) is 5.10 Å². The smallest absolute Gasteiger partial charge is 0.336 e. The number of fused-ring (bicyclic) bond motifs is 1. The van der Waals surface area contributed by atoms with Crippen molar-refractivity contribution < 1.29 is 43.5 Å². The van der Waals surface area contributed by atoms with Crippen LogP contribution in [-0.2, 0) is 24.4 Å². The largest absolute Gasteiger partial charge is 0.497 e. The van der Waals surface area contributed by atoms with Gasteiger partial charge < -0.3 is 33.9 Å². The standard InChI is InChI=1S/C35H36N2O9/c1-4-5-12-37-33(28-11-10-26(42-2)18-30(28)46-21-22-8-6-7-9-27(22)35(40)41)25(20-36-37)16-24(34(38)39)15-23-17-31-32(19-29(23)43-3)45-14-13-44-31/h6-11,16-20H,4-5,12-15,21H2,1-3H3,(H,38,39)(H,40,41). The van der Waals surface area contributed by atoms with Crippen molar-refractivity contribution in [3.05, 3.63) is 88.6 Å². The lowest BCUT2D eigenvalue weighted by molar-refractivity contribution is -0.132. The Balaban J connectivity index is 1.58. The number of aromatic carboxylic acids is 1. The zero-order valence-corrected chi connectivity index (χ0v) is 25.9. The van der Waals surface area contributed by atoms with Gasteiger partial charge in [-0.3, -0.25) is 4.68 Å². The van der Waals surface area contributed by atoms with Crippen LogP contribution in [0.4, 0.5) is 0 Å². The van der Waals surface area contributed by atoms with Gasteiger partial charge in [0.15, 0.2) is 11.5 Å². The van der Waals surface area contributed by atoms with E-state index in [1.807, 2.05) is 10.7 Å². The zero-order valence-electron chi connectivity index (χ0n) is 25.9. The first kappa shape index (κ1) is 32.0. The number of hydrogen-bond acceptors (Lipinski definition) is 8. The molecule has 1 aliphatic heterocycles. The van der Waals surface area contributed by atoms with Crippen molar-refractivity contribution in [2.45, 2.75) is 39.3 Å². The van der Waals surface area contributed by atoms with Crippen LogP contribution in [0.2, 0.25) is 0 Å². The second-order valence-corrected chi connectivity index (χ2v) is 10.6. The first-order valence-electron chi connectivity index (χ1n) is 14.9. The van der Waals surface area contributed by atoms with Gasteiger partial charge in [-0.15, -0.1) is 0 Å². The molecule has 0 fully saturated rings. The Morgan fingerprint density at radius 2 is 1.72 bits per heavy atom. The van der Waals surface area contributed by atoms with Crippen LogP contribution < -0.4 is 23.7 Å². The Morgan fingerprint density at radius 1 is 0.957 bits per heavy atom. The van der Waals surface area contributed by atoms with E-state index in [2.05, 4.69) is 12.0 Å². The minimum absolute atomic E-state index is 0.0127. The molecule has 46 heavy (non-hydrogen) atoms. The van der Waals surface area contributed by atoms with E-state index in [0.29, 0.717) is 76.5 Å². The number of hydrogen-bond donors (Lipinski definition) is 2. The molecule has 0 radical (unpaired) electrons. The van der Waals surface area contributed by atoms with Gasteiger partial charge >= 0.3 is 11.9 Å². The normalized spacial score (nSPS) is 12.5. The molecule has 0 amide bonds. The predicted octanol–water partition coefficient (Wildman–Crippen LogP) is 6.13. The third-order valence-electron chi connectivity index (χ3n) is 7.60. The van der Waals surface area contributed by atoms with Crippen LogP contribution in [0.5, 0.6) is 28.7 Å². The quantitative estimate of drug-likeness (QED) is 0.157. The highest BCUT2D eigenvalue weighted by Gasteiger charge is 2.22. The molecule has 0 spiro atoms. The SMILES string of the molecule is CCCCn1ncc(C=C(Cc2cc3c(cc2OC)OCCO3)C(=O)O)c1-c1ccc(OC)cc1OCc1ccccc1C(=O)O. The van der Waals surface area contributed by atoms with Crippen LogP contribution >= 0.6 is 0 Å². The molecule has 0 saturated heterocycles. The van der Waals surface area contributed by atoms with Crippen molar-refractivity contribution >= 4 is 18.0 Å². The molecule has 5 rings (SSSR count). The maximum absolute atomic E-state index is 12.6. The molecule has 0 saturated carbocycles. The van der Waals surface area contributed by atoms with Crippen molar-refractivity contribution in [2.24, 2.45) is 0 Å². The average molecular weight is 629 g/mol. The molecule has 0 aliphatic carbocycles. The number of rotatable bonds is 14. The van der Waals surface area contributed by atoms with Gasteiger partial charge in [-0.05, 0) is 36.8 Å². The highest BCUT2D eigenvalue weighted by atomic mass is 16.6. The van der Waals surface area contributed by atoms with Gasteiger partial charge in [0, 0.05) is 52.9 Å². The van der Waals surface area contributed by atoms with E-state index in [1.54, 1.807) is 61.8 Å². The molecule has 1 aliphatic rings. The molecule has 4 aromatic rings. The second kappa shape index (κ2) is 14.6. The molecule has 3 aromatic carbocycles. The summed E-state index contributed by atoms with van der Waals surface area (Å²) in [5.41, 5.74) is 3.27. The number of nitrogens with zero attached hydrogens (tertiary/aromatic N) is 2. The Morgan fingerprint density at radius 3 is 2.41 bits per heavy atom. The van der Waals surface area contributed by atoms with Gasteiger partial charge in [0.25, 0.3) is 0 Å². The number of aryl methyl sites for hydroxylation is 1.